The van der Waals surface area contributed by atoms with E-state index in [0.29, 0.717) is 16.2 Å². The van der Waals surface area contributed by atoms with Crippen molar-refractivity contribution >= 4 is 50.2 Å². The number of nitrogens with one attached hydrogen (secondary N) is 1. The molecule has 0 unspecified atom stereocenters. The molecular weight excluding hydrogens is 436 g/mol. The maximum Gasteiger partial charge on any atom is 0.265 e. The van der Waals surface area contributed by atoms with Crippen molar-refractivity contribution in [3.05, 3.63) is 46.4 Å². The number of nitrogens with zero attached hydrogens (tertiary/aromatic N) is 5. The Morgan fingerprint density at radius 1 is 1.28 bits per heavy atom. The lowest BCUT2D eigenvalue weighted by Crippen LogP contribution is -2.03. The molecule has 2 N–H and O–H groups in total. The number of hydrazone groups is 1. The van der Waals surface area contributed by atoms with Gasteiger partial charge >= 0.3 is 0 Å². The standard InChI is InChI=1S/C20H19BrN6O2/c1-3-8-27-15-7-5-4-6-13(15)17-19(27)23-20(26-24-17)25-22-11-12-9-14(21)18(28)16(10-12)29-2/h4-7,9-11,28H,3,8H2,1-2H3,(H,23,25,26)/b22-11+. The Labute approximate surface area is 175 Å². The van der Waals surface area contributed by atoms with E-state index in [1.165, 1.54) is 7.11 Å². The molecule has 0 saturated heterocycles. The summed E-state index contributed by atoms with van der Waals surface area (Å²) >= 11 is 3.29. The summed E-state index contributed by atoms with van der Waals surface area (Å²) in [6, 6.07) is 11.5. The summed E-state index contributed by atoms with van der Waals surface area (Å²) in [6.07, 6.45) is 2.57. The first-order chi connectivity index (χ1) is 14.1. The molecule has 0 saturated carbocycles. The van der Waals surface area contributed by atoms with Gasteiger partial charge in [0.05, 0.1) is 23.3 Å². The van der Waals surface area contributed by atoms with Crippen molar-refractivity contribution in [2.24, 2.45) is 5.10 Å². The summed E-state index contributed by atoms with van der Waals surface area (Å²) < 4.78 is 7.81. The minimum atomic E-state index is 0.0411. The highest BCUT2D eigenvalue weighted by Crippen LogP contribution is 2.34. The maximum atomic E-state index is 9.89. The highest BCUT2D eigenvalue weighted by molar-refractivity contribution is 9.10. The molecule has 2 aromatic heterocycles. The Morgan fingerprint density at radius 2 is 2.10 bits per heavy atom. The number of phenolic OH excluding ortho intramolecular Hbond substituents is 1. The molecular formula is C20H19BrN6O2. The number of aryl methyl sites for hydroxylation is 1. The zero-order valence-electron chi connectivity index (χ0n) is 15.9. The number of halogens is 1. The number of phenols is 1. The Balaban J connectivity index is 1.65. The second kappa shape index (κ2) is 8.04. The zero-order chi connectivity index (χ0) is 20.4. The predicted octanol–water partition coefficient (Wildman–Crippen LogP) is 4.31. The molecule has 148 valence electrons. The molecule has 0 fully saturated rings. The fourth-order valence-electron chi connectivity index (χ4n) is 3.19. The lowest BCUT2D eigenvalue weighted by Gasteiger charge is -2.06. The third-order valence-electron chi connectivity index (χ3n) is 4.47. The number of rotatable bonds is 6. The van der Waals surface area contributed by atoms with Gasteiger partial charge < -0.3 is 14.4 Å². The molecule has 0 bridgehead atoms. The zero-order valence-corrected chi connectivity index (χ0v) is 17.5. The van der Waals surface area contributed by atoms with Crippen LogP contribution in [0.2, 0.25) is 0 Å². The topological polar surface area (TPSA) is 97.5 Å². The summed E-state index contributed by atoms with van der Waals surface area (Å²) in [5.74, 6) is 0.697. The van der Waals surface area contributed by atoms with Crippen LogP contribution in [0.1, 0.15) is 18.9 Å². The van der Waals surface area contributed by atoms with Crippen LogP contribution >= 0.6 is 15.9 Å². The number of anilines is 1. The predicted molar refractivity (Wildman–Crippen MR) is 117 cm³/mol. The number of benzene rings is 2. The highest BCUT2D eigenvalue weighted by atomic mass is 79.9. The molecule has 0 aliphatic heterocycles. The lowest BCUT2D eigenvalue weighted by molar-refractivity contribution is 0.372. The van der Waals surface area contributed by atoms with Gasteiger partial charge in [-0.1, -0.05) is 25.1 Å². The second-order valence-electron chi connectivity index (χ2n) is 6.40. The molecule has 0 spiro atoms. The fourth-order valence-corrected chi connectivity index (χ4v) is 3.65. The number of aromatic nitrogens is 4. The van der Waals surface area contributed by atoms with Crippen LogP contribution in [0.3, 0.4) is 0 Å². The van der Waals surface area contributed by atoms with Gasteiger partial charge in [0.25, 0.3) is 5.95 Å². The van der Waals surface area contributed by atoms with Gasteiger partial charge in [-0.05, 0) is 46.1 Å². The fraction of sp³-hybridized carbons (Fsp3) is 0.200. The van der Waals surface area contributed by atoms with Crippen LogP contribution in [0, 0.1) is 0 Å². The minimum absolute atomic E-state index is 0.0411. The molecule has 0 amide bonds. The highest BCUT2D eigenvalue weighted by Gasteiger charge is 2.14. The first kappa shape index (κ1) is 19.1. The summed E-state index contributed by atoms with van der Waals surface area (Å²) in [7, 11) is 1.49. The molecule has 0 atom stereocenters. The summed E-state index contributed by atoms with van der Waals surface area (Å²) in [4.78, 5) is 4.62. The van der Waals surface area contributed by atoms with E-state index in [2.05, 4.69) is 59.2 Å². The third-order valence-corrected chi connectivity index (χ3v) is 5.07. The molecule has 4 rings (SSSR count). The molecule has 2 aromatic carbocycles. The first-order valence-electron chi connectivity index (χ1n) is 9.09. The SMILES string of the molecule is CCCn1c2ccccc2c2nnc(N/N=C/c3cc(Br)c(O)c(OC)c3)nc21. The van der Waals surface area contributed by atoms with Crippen LogP contribution in [0.25, 0.3) is 22.1 Å². The van der Waals surface area contributed by atoms with E-state index in [-0.39, 0.29) is 5.75 Å². The molecule has 29 heavy (non-hydrogen) atoms. The van der Waals surface area contributed by atoms with Crippen LogP contribution < -0.4 is 10.2 Å². The van der Waals surface area contributed by atoms with Gasteiger partial charge in [-0.15, -0.1) is 10.2 Å². The van der Waals surface area contributed by atoms with Crippen molar-refractivity contribution in [2.45, 2.75) is 19.9 Å². The largest absolute Gasteiger partial charge is 0.503 e. The normalized spacial score (nSPS) is 11.6. The number of ether oxygens (including phenoxy) is 1. The molecule has 2 heterocycles. The van der Waals surface area contributed by atoms with Crippen molar-refractivity contribution in [3.63, 3.8) is 0 Å². The molecule has 0 aliphatic carbocycles. The van der Waals surface area contributed by atoms with Crippen molar-refractivity contribution in [3.8, 4) is 11.5 Å². The van der Waals surface area contributed by atoms with Crippen LogP contribution in [0.5, 0.6) is 11.5 Å². The number of hydrogen-bond acceptors (Lipinski definition) is 7. The van der Waals surface area contributed by atoms with Gasteiger partial charge in [0.15, 0.2) is 17.1 Å². The third kappa shape index (κ3) is 3.61. The van der Waals surface area contributed by atoms with Crippen molar-refractivity contribution < 1.29 is 9.84 Å². The second-order valence-corrected chi connectivity index (χ2v) is 7.25. The monoisotopic (exact) mass is 454 g/mol. The van der Waals surface area contributed by atoms with Crippen LogP contribution in [-0.4, -0.2) is 38.2 Å². The number of para-hydroxylation sites is 1. The summed E-state index contributed by atoms with van der Waals surface area (Å²) in [5, 5.41) is 23.6. The van der Waals surface area contributed by atoms with Crippen LogP contribution in [0.15, 0.2) is 46.0 Å². The van der Waals surface area contributed by atoms with Gasteiger partial charge in [-0.2, -0.15) is 10.1 Å². The van der Waals surface area contributed by atoms with E-state index in [0.717, 1.165) is 40.6 Å². The number of fused-ring (bicyclic) bond motifs is 3. The maximum absolute atomic E-state index is 9.89. The Bertz CT molecular complexity index is 1220. The van der Waals surface area contributed by atoms with E-state index in [4.69, 9.17) is 4.74 Å². The van der Waals surface area contributed by atoms with E-state index in [1.807, 2.05) is 18.2 Å². The van der Waals surface area contributed by atoms with Crippen LogP contribution in [-0.2, 0) is 6.54 Å². The molecule has 0 radical (unpaired) electrons. The van der Waals surface area contributed by atoms with Crippen molar-refractivity contribution in [1.82, 2.24) is 19.7 Å². The van der Waals surface area contributed by atoms with E-state index in [9.17, 15) is 5.11 Å². The smallest absolute Gasteiger partial charge is 0.265 e. The van der Waals surface area contributed by atoms with E-state index < -0.39 is 0 Å². The quantitative estimate of drug-likeness (QED) is 0.332. The minimum Gasteiger partial charge on any atom is -0.503 e. The molecule has 0 aliphatic rings. The number of methoxy groups -OCH3 is 1. The summed E-state index contributed by atoms with van der Waals surface area (Å²) in [5.41, 5.74) is 6.19. The first-order valence-corrected chi connectivity index (χ1v) is 9.89. The van der Waals surface area contributed by atoms with Gasteiger partial charge in [-0.3, -0.25) is 0 Å². The average Bonchev–Trinajstić information content (AvgIpc) is 3.04. The van der Waals surface area contributed by atoms with E-state index in [1.54, 1.807) is 18.3 Å². The lowest BCUT2D eigenvalue weighted by atomic mass is 10.2. The van der Waals surface area contributed by atoms with Gasteiger partial charge in [-0.25, -0.2) is 5.43 Å². The number of aromatic hydroxyl groups is 1. The van der Waals surface area contributed by atoms with E-state index >= 15 is 0 Å². The van der Waals surface area contributed by atoms with Gasteiger partial charge in [0, 0.05) is 11.9 Å². The molecule has 8 nitrogen and oxygen atoms in total. The Morgan fingerprint density at radius 3 is 2.90 bits per heavy atom. The molecule has 9 heteroatoms. The average molecular weight is 455 g/mol. The Hall–Kier alpha value is -3.20. The molecule has 4 aromatic rings. The van der Waals surface area contributed by atoms with Crippen molar-refractivity contribution in [1.29, 1.82) is 0 Å². The number of hydrogen-bond donors (Lipinski definition) is 2. The van der Waals surface area contributed by atoms with Crippen LogP contribution in [0.4, 0.5) is 5.95 Å². The van der Waals surface area contributed by atoms with Gasteiger partial charge in [0.1, 0.15) is 5.52 Å². The van der Waals surface area contributed by atoms with Gasteiger partial charge in [0.2, 0.25) is 0 Å². The van der Waals surface area contributed by atoms with Crippen molar-refractivity contribution in [2.75, 3.05) is 12.5 Å². The Kier molecular flexibility index (Phi) is 5.30. The summed E-state index contributed by atoms with van der Waals surface area (Å²) in [6.45, 7) is 2.97.